The second-order valence-corrected chi connectivity index (χ2v) is 5.20. The third-order valence-electron chi connectivity index (χ3n) is 3.77. The van der Waals surface area contributed by atoms with Gasteiger partial charge in [0, 0.05) is 19.2 Å². The topological polar surface area (TPSA) is 21.3 Å². The minimum Gasteiger partial charge on any atom is -0.381 e. The normalized spacial score (nSPS) is 21.7. The van der Waals surface area contributed by atoms with Crippen molar-refractivity contribution in [2.45, 2.75) is 33.2 Å². The number of hydrogen-bond donors (Lipinski definition) is 1. The molecule has 2 heteroatoms. The molecule has 0 saturated carbocycles. The fourth-order valence-corrected chi connectivity index (χ4v) is 2.24. The SMILES string of the molecule is Cc1ccc(C(C)NCC2CCOC2)cc1C. The van der Waals surface area contributed by atoms with Crippen molar-refractivity contribution < 1.29 is 4.74 Å². The Morgan fingerprint density at radius 3 is 2.82 bits per heavy atom. The zero-order valence-corrected chi connectivity index (χ0v) is 11.1. The van der Waals surface area contributed by atoms with Crippen LogP contribution in [-0.2, 0) is 4.74 Å². The van der Waals surface area contributed by atoms with Gasteiger partial charge in [0.1, 0.15) is 0 Å². The first-order chi connectivity index (χ1) is 8.16. The van der Waals surface area contributed by atoms with E-state index in [1.807, 2.05) is 0 Å². The van der Waals surface area contributed by atoms with Crippen LogP contribution in [0.15, 0.2) is 18.2 Å². The maximum atomic E-state index is 5.39. The Hall–Kier alpha value is -0.860. The first-order valence-electron chi connectivity index (χ1n) is 6.55. The first-order valence-corrected chi connectivity index (χ1v) is 6.55. The van der Waals surface area contributed by atoms with Crippen molar-refractivity contribution in [3.05, 3.63) is 34.9 Å². The summed E-state index contributed by atoms with van der Waals surface area (Å²) in [5, 5.41) is 3.61. The van der Waals surface area contributed by atoms with Crippen molar-refractivity contribution in [3.63, 3.8) is 0 Å². The zero-order chi connectivity index (χ0) is 12.3. The molecular weight excluding hydrogens is 210 g/mol. The molecule has 1 heterocycles. The number of aryl methyl sites for hydroxylation is 2. The average molecular weight is 233 g/mol. The summed E-state index contributed by atoms with van der Waals surface area (Å²) in [5.74, 6) is 0.698. The molecule has 2 nitrogen and oxygen atoms in total. The number of nitrogens with one attached hydrogen (secondary N) is 1. The maximum Gasteiger partial charge on any atom is 0.0507 e. The van der Waals surface area contributed by atoms with Crippen LogP contribution in [0.2, 0.25) is 0 Å². The van der Waals surface area contributed by atoms with E-state index in [4.69, 9.17) is 4.74 Å². The summed E-state index contributed by atoms with van der Waals surface area (Å²) in [7, 11) is 0. The summed E-state index contributed by atoms with van der Waals surface area (Å²) in [6.07, 6.45) is 1.20. The van der Waals surface area contributed by atoms with Gasteiger partial charge in [-0.25, -0.2) is 0 Å². The molecule has 0 spiro atoms. The lowest BCUT2D eigenvalue weighted by Crippen LogP contribution is -2.26. The van der Waals surface area contributed by atoms with Gasteiger partial charge in [0.25, 0.3) is 0 Å². The lowest BCUT2D eigenvalue weighted by molar-refractivity contribution is 0.184. The standard InChI is InChI=1S/C15H23NO/c1-11-4-5-15(8-12(11)2)13(3)16-9-14-6-7-17-10-14/h4-5,8,13-14,16H,6-7,9-10H2,1-3H3. The molecule has 1 aliphatic heterocycles. The molecule has 1 fully saturated rings. The summed E-state index contributed by atoms with van der Waals surface area (Å²) in [4.78, 5) is 0. The van der Waals surface area contributed by atoms with Gasteiger partial charge in [0.05, 0.1) is 6.61 Å². The molecule has 1 aromatic rings. The Kier molecular flexibility index (Phi) is 4.19. The molecule has 2 atom stereocenters. The van der Waals surface area contributed by atoms with E-state index < -0.39 is 0 Å². The molecule has 0 aliphatic carbocycles. The van der Waals surface area contributed by atoms with Gasteiger partial charge in [-0.1, -0.05) is 18.2 Å². The summed E-state index contributed by atoms with van der Waals surface area (Å²) in [6.45, 7) is 9.49. The van der Waals surface area contributed by atoms with Crippen molar-refractivity contribution in [1.29, 1.82) is 0 Å². The van der Waals surface area contributed by atoms with Gasteiger partial charge >= 0.3 is 0 Å². The number of ether oxygens (including phenoxy) is 1. The monoisotopic (exact) mass is 233 g/mol. The van der Waals surface area contributed by atoms with Crippen LogP contribution < -0.4 is 5.32 Å². The number of benzene rings is 1. The predicted octanol–water partition coefficient (Wildman–Crippen LogP) is 2.99. The fraction of sp³-hybridized carbons (Fsp3) is 0.600. The molecule has 2 unspecified atom stereocenters. The summed E-state index contributed by atoms with van der Waals surface area (Å²) < 4.78 is 5.39. The molecule has 94 valence electrons. The van der Waals surface area contributed by atoms with Crippen molar-refractivity contribution in [2.24, 2.45) is 5.92 Å². The quantitative estimate of drug-likeness (QED) is 0.863. The highest BCUT2D eigenvalue weighted by Gasteiger charge is 2.16. The lowest BCUT2D eigenvalue weighted by atomic mass is 10.0. The number of hydrogen-bond acceptors (Lipinski definition) is 2. The van der Waals surface area contributed by atoms with Gasteiger partial charge in [-0.3, -0.25) is 0 Å². The highest BCUT2D eigenvalue weighted by molar-refractivity contribution is 5.31. The van der Waals surface area contributed by atoms with Gasteiger partial charge in [-0.05, 0) is 49.8 Å². The lowest BCUT2D eigenvalue weighted by Gasteiger charge is -2.17. The number of rotatable bonds is 4. The summed E-state index contributed by atoms with van der Waals surface area (Å²) in [6, 6.07) is 7.15. The fourth-order valence-electron chi connectivity index (χ4n) is 2.24. The minimum atomic E-state index is 0.426. The van der Waals surface area contributed by atoms with E-state index in [0.717, 1.165) is 19.8 Å². The summed E-state index contributed by atoms with van der Waals surface area (Å²) in [5.41, 5.74) is 4.12. The van der Waals surface area contributed by atoms with Gasteiger partial charge in [-0.2, -0.15) is 0 Å². The Bertz CT molecular complexity index is 369. The molecule has 1 saturated heterocycles. The second kappa shape index (κ2) is 5.65. The van der Waals surface area contributed by atoms with E-state index in [9.17, 15) is 0 Å². The predicted molar refractivity (Wildman–Crippen MR) is 71.3 cm³/mol. The average Bonchev–Trinajstić information content (AvgIpc) is 2.82. The molecular formula is C15H23NO. The Morgan fingerprint density at radius 2 is 2.18 bits per heavy atom. The molecule has 1 aliphatic rings. The second-order valence-electron chi connectivity index (χ2n) is 5.20. The van der Waals surface area contributed by atoms with E-state index in [1.165, 1.54) is 23.1 Å². The van der Waals surface area contributed by atoms with Crippen molar-refractivity contribution >= 4 is 0 Å². The first kappa shape index (κ1) is 12.6. The summed E-state index contributed by atoms with van der Waals surface area (Å²) >= 11 is 0. The third kappa shape index (κ3) is 3.30. The zero-order valence-electron chi connectivity index (χ0n) is 11.1. The maximum absolute atomic E-state index is 5.39. The van der Waals surface area contributed by atoms with Gasteiger partial charge in [-0.15, -0.1) is 0 Å². The molecule has 0 bridgehead atoms. The minimum absolute atomic E-state index is 0.426. The van der Waals surface area contributed by atoms with Crippen LogP contribution in [0.5, 0.6) is 0 Å². The van der Waals surface area contributed by atoms with E-state index in [2.05, 4.69) is 44.3 Å². The smallest absolute Gasteiger partial charge is 0.0507 e. The highest BCUT2D eigenvalue weighted by Crippen LogP contribution is 2.18. The van der Waals surface area contributed by atoms with Crippen LogP contribution in [0, 0.1) is 19.8 Å². The van der Waals surface area contributed by atoms with Crippen LogP contribution in [-0.4, -0.2) is 19.8 Å². The van der Waals surface area contributed by atoms with Crippen LogP contribution in [0.3, 0.4) is 0 Å². The van der Waals surface area contributed by atoms with Crippen molar-refractivity contribution in [2.75, 3.05) is 19.8 Å². The molecule has 0 amide bonds. The van der Waals surface area contributed by atoms with Crippen molar-refractivity contribution in [3.8, 4) is 0 Å². The highest BCUT2D eigenvalue weighted by atomic mass is 16.5. The van der Waals surface area contributed by atoms with Gasteiger partial charge < -0.3 is 10.1 Å². The Balaban J connectivity index is 1.89. The van der Waals surface area contributed by atoms with Crippen LogP contribution >= 0.6 is 0 Å². The largest absolute Gasteiger partial charge is 0.381 e. The molecule has 0 aromatic heterocycles. The van der Waals surface area contributed by atoms with E-state index in [1.54, 1.807) is 0 Å². The van der Waals surface area contributed by atoms with Gasteiger partial charge in [0.2, 0.25) is 0 Å². The molecule has 17 heavy (non-hydrogen) atoms. The van der Waals surface area contributed by atoms with Crippen LogP contribution in [0.4, 0.5) is 0 Å². The Labute approximate surface area is 104 Å². The van der Waals surface area contributed by atoms with Crippen LogP contribution in [0.25, 0.3) is 0 Å². The molecule has 1 N–H and O–H groups in total. The Morgan fingerprint density at radius 1 is 1.35 bits per heavy atom. The molecule has 2 rings (SSSR count). The van der Waals surface area contributed by atoms with Crippen molar-refractivity contribution in [1.82, 2.24) is 5.32 Å². The van der Waals surface area contributed by atoms with Gasteiger partial charge in [0.15, 0.2) is 0 Å². The van der Waals surface area contributed by atoms with E-state index >= 15 is 0 Å². The molecule has 1 aromatic carbocycles. The van der Waals surface area contributed by atoms with Crippen LogP contribution in [0.1, 0.15) is 36.1 Å². The molecule has 0 radical (unpaired) electrons. The van der Waals surface area contributed by atoms with E-state index in [-0.39, 0.29) is 0 Å². The van der Waals surface area contributed by atoms with E-state index in [0.29, 0.717) is 12.0 Å². The third-order valence-corrected chi connectivity index (χ3v) is 3.77.